The molecule has 1 aliphatic carbocycles. The Bertz CT molecular complexity index is 799. The number of hydrogen-bond acceptors (Lipinski definition) is 3. The van der Waals surface area contributed by atoms with Gasteiger partial charge in [-0.25, -0.2) is 0 Å². The summed E-state index contributed by atoms with van der Waals surface area (Å²) in [5.41, 5.74) is 4.82. The zero-order chi connectivity index (χ0) is 19.9. The minimum Gasteiger partial charge on any atom is -0.367 e. The molecule has 0 spiro atoms. The van der Waals surface area contributed by atoms with E-state index < -0.39 is 0 Å². The smallest absolute Gasteiger partial charge is 0.251 e. The molecule has 4 heteroatoms. The second kappa shape index (κ2) is 10.2. The standard InChI is InChI=1S/C25H32N2OS/c28-25(26-16-18-29-23-9-2-1-3-10-23)22-14-12-20(13-15-22)19-27-17-6-8-21-7-4-5-11-24(21)27/h4-5,7,11-15,23H,1-3,6,8-10,16-19H2,(H,26,28). The molecule has 2 aromatic carbocycles. The van der Waals surface area contributed by atoms with Crippen molar-refractivity contribution in [1.82, 2.24) is 5.32 Å². The predicted octanol–water partition coefficient (Wildman–Crippen LogP) is 5.44. The van der Waals surface area contributed by atoms with E-state index in [9.17, 15) is 4.79 Å². The fraction of sp³-hybridized carbons (Fsp3) is 0.480. The van der Waals surface area contributed by atoms with Gasteiger partial charge < -0.3 is 10.2 Å². The van der Waals surface area contributed by atoms with Crippen LogP contribution in [0, 0.1) is 0 Å². The van der Waals surface area contributed by atoms with E-state index in [1.54, 1.807) is 0 Å². The van der Waals surface area contributed by atoms with Gasteiger partial charge in [-0.1, -0.05) is 49.6 Å². The molecule has 0 saturated heterocycles. The number of rotatable bonds is 7. The lowest BCUT2D eigenvalue weighted by Crippen LogP contribution is -2.29. The molecule has 1 N–H and O–H groups in total. The fourth-order valence-electron chi connectivity index (χ4n) is 4.48. The number of carbonyl (C=O) groups excluding carboxylic acids is 1. The summed E-state index contributed by atoms with van der Waals surface area (Å²) in [5.74, 6) is 1.06. The van der Waals surface area contributed by atoms with Gasteiger partial charge in [0.2, 0.25) is 0 Å². The fourth-order valence-corrected chi connectivity index (χ4v) is 5.70. The first-order valence-electron chi connectivity index (χ1n) is 11.1. The van der Waals surface area contributed by atoms with Crippen molar-refractivity contribution in [2.75, 3.05) is 23.7 Å². The predicted molar refractivity (Wildman–Crippen MR) is 124 cm³/mol. The first-order chi connectivity index (χ1) is 14.3. The van der Waals surface area contributed by atoms with Gasteiger partial charge in [-0.05, 0) is 55.0 Å². The number of thioether (sulfide) groups is 1. The highest BCUT2D eigenvalue weighted by molar-refractivity contribution is 7.99. The second-order valence-electron chi connectivity index (χ2n) is 8.24. The summed E-state index contributed by atoms with van der Waals surface area (Å²) in [7, 11) is 0. The largest absolute Gasteiger partial charge is 0.367 e. The molecular weight excluding hydrogens is 376 g/mol. The minimum absolute atomic E-state index is 0.0455. The number of hydrogen-bond donors (Lipinski definition) is 1. The lowest BCUT2D eigenvalue weighted by atomic mass is 10.0. The number of benzene rings is 2. The SMILES string of the molecule is O=C(NCCSC1CCCCC1)c1ccc(CN2CCCc3ccccc32)cc1. The van der Waals surface area contributed by atoms with Crippen LogP contribution in [-0.2, 0) is 13.0 Å². The first kappa shape index (κ1) is 20.3. The van der Waals surface area contributed by atoms with Crippen molar-refractivity contribution < 1.29 is 4.79 Å². The highest BCUT2D eigenvalue weighted by Gasteiger charge is 2.17. The molecule has 4 rings (SSSR count). The average molecular weight is 409 g/mol. The van der Waals surface area contributed by atoms with Crippen LogP contribution in [0.1, 0.15) is 60.0 Å². The van der Waals surface area contributed by atoms with Crippen molar-refractivity contribution in [3.8, 4) is 0 Å². The van der Waals surface area contributed by atoms with E-state index in [1.807, 2.05) is 23.9 Å². The monoisotopic (exact) mass is 408 g/mol. The van der Waals surface area contributed by atoms with Gasteiger partial charge in [0.05, 0.1) is 0 Å². The molecule has 1 heterocycles. The van der Waals surface area contributed by atoms with E-state index in [0.717, 1.165) is 36.2 Å². The van der Waals surface area contributed by atoms with Crippen LogP contribution in [0.4, 0.5) is 5.69 Å². The zero-order valence-electron chi connectivity index (χ0n) is 17.2. The highest BCUT2D eigenvalue weighted by atomic mass is 32.2. The lowest BCUT2D eigenvalue weighted by molar-refractivity contribution is 0.0956. The number of anilines is 1. The highest BCUT2D eigenvalue weighted by Crippen LogP contribution is 2.29. The minimum atomic E-state index is 0.0455. The lowest BCUT2D eigenvalue weighted by Gasteiger charge is -2.31. The number of para-hydroxylation sites is 1. The molecule has 2 aromatic rings. The maximum absolute atomic E-state index is 12.4. The van der Waals surface area contributed by atoms with Crippen LogP contribution in [0.3, 0.4) is 0 Å². The third-order valence-corrected chi connectivity index (χ3v) is 7.47. The zero-order valence-corrected chi connectivity index (χ0v) is 18.1. The molecule has 3 nitrogen and oxygen atoms in total. The number of fused-ring (bicyclic) bond motifs is 1. The Balaban J connectivity index is 1.25. The Hall–Kier alpha value is -1.94. The van der Waals surface area contributed by atoms with Gasteiger partial charge >= 0.3 is 0 Å². The van der Waals surface area contributed by atoms with E-state index in [0.29, 0.717) is 0 Å². The molecule has 0 aromatic heterocycles. The Morgan fingerprint density at radius 1 is 1.00 bits per heavy atom. The third kappa shape index (κ3) is 5.57. The van der Waals surface area contributed by atoms with Crippen LogP contribution >= 0.6 is 11.8 Å². The van der Waals surface area contributed by atoms with Crippen molar-refractivity contribution in [1.29, 1.82) is 0 Å². The van der Waals surface area contributed by atoms with Crippen molar-refractivity contribution >= 4 is 23.4 Å². The molecule has 1 fully saturated rings. The van der Waals surface area contributed by atoms with Crippen molar-refractivity contribution in [3.63, 3.8) is 0 Å². The molecule has 0 bridgehead atoms. The molecular formula is C25H32N2OS. The van der Waals surface area contributed by atoms with E-state index in [1.165, 1.54) is 61.8 Å². The van der Waals surface area contributed by atoms with E-state index in [4.69, 9.17) is 0 Å². The molecule has 29 heavy (non-hydrogen) atoms. The topological polar surface area (TPSA) is 32.3 Å². The van der Waals surface area contributed by atoms with Crippen LogP contribution in [0.15, 0.2) is 48.5 Å². The van der Waals surface area contributed by atoms with Gasteiger partial charge in [-0.3, -0.25) is 4.79 Å². The summed E-state index contributed by atoms with van der Waals surface area (Å²) >= 11 is 2.03. The number of carbonyl (C=O) groups is 1. The molecule has 0 atom stereocenters. The third-order valence-electron chi connectivity index (χ3n) is 6.09. The Kier molecular flexibility index (Phi) is 7.15. The van der Waals surface area contributed by atoms with Gasteiger partial charge in [-0.2, -0.15) is 11.8 Å². The summed E-state index contributed by atoms with van der Waals surface area (Å²) in [5, 5.41) is 3.89. The van der Waals surface area contributed by atoms with E-state index in [2.05, 4.69) is 46.6 Å². The summed E-state index contributed by atoms with van der Waals surface area (Å²) in [6, 6.07) is 16.8. The van der Waals surface area contributed by atoms with Crippen LogP contribution in [-0.4, -0.2) is 30.0 Å². The van der Waals surface area contributed by atoms with E-state index in [-0.39, 0.29) is 5.91 Å². The maximum Gasteiger partial charge on any atom is 0.251 e. The molecule has 1 amide bonds. The number of amides is 1. The maximum atomic E-state index is 12.4. The Labute approximate surface area is 179 Å². The van der Waals surface area contributed by atoms with Crippen LogP contribution < -0.4 is 10.2 Å². The summed E-state index contributed by atoms with van der Waals surface area (Å²) < 4.78 is 0. The van der Waals surface area contributed by atoms with Crippen LogP contribution in [0.2, 0.25) is 0 Å². The molecule has 1 saturated carbocycles. The summed E-state index contributed by atoms with van der Waals surface area (Å²) in [4.78, 5) is 14.9. The summed E-state index contributed by atoms with van der Waals surface area (Å²) in [6.45, 7) is 2.75. The van der Waals surface area contributed by atoms with Crippen LogP contribution in [0.5, 0.6) is 0 Å². The van der Waals surface area contributed by atoms with Crippen LogP contribution in [0.25, 0.3) is 0 Å². The number of nitrogens with one attached hydrogen (secondary N) is 1. The first-order valence-corrected chi connectivity index (χ1v) is 12.2. The molecule has 154 valence electrons. The number of nitrogens with zero attached hydrogens (tertiary/aromatic N) is 1. The molecule has 0 unspecified atom stereocenters. The summed E-state index contributed by atoms with van der Waals surface area (Å²) in [6.07, 6.45) is 9.22. The number of aryl methyl sites for hydroxylation is 1. The van der Waals surface area contributed by atoms with Gasteiger partial charge in [0, 0.05) is 41.9 Å². The van der Waals surface area contributed by atoms with Gasteiger partial charge in [-0.15, -0.1) is 0 Å². The molecule has 1 aliphatic heterocycles. The van der Waals surface area contributed by atoms with Gasteiger partial charge in [0.1, 0.15) is 0 Å². The van der Waals surface area contributed by atoms with Crippen molar-refractivity contribution in [2.45, 2.75) is 56.7 Å². The van der Waals surface area contributed by atoms with Crippen molar-refractivity contribution in [3.05, 3.63) is 65.2 Å². The van der Waals surface area contributed by atoms with E-state index >= 15 is 0 Å². The Morgan fingerprint density at radius 3 is 2.62 bits per heavy atom. The molecule has 0 radical (unpaired) electrons. The van der Waals surface area contributed by atoms with Crippen molar-refractivity contribution in [2.24, 2.45) is 0 Å². The van der Waals surface area contributed by atoms with Gasteiger partial charge in [0.25, 0.3) is 5.91 Å². The second-order valence-corrected chi connectivity index (χ2v) is 9.65. The normalized spacial score (nSPS) is 17.0. The average Bonchev–Trinajstić information content (AvgIpc) is 2.78. The Morgan fingerprint density at radius 2 is 1.79 bits per heavy atom. The quantitative estimate of drug-likeness (QED) is 0.620. The molecule has 2 aliphatic rings. The van der Waals surface area contributed by atoms with Gasteiger partial charge in [0.15, 0.2) is 0 Å².